The molecule has 0 atom stereocenters. The van der Waals surface area contributed by atoms with Gasteiger partial charge in [0.25, 0.3) is 5.69 Å². The van der Waals surface area contributed by atoms with E-state index >= 15 is 0 Å². The number of nitrogens with two attached hydrogens (primary N) is 1. The molecule has 1 heterocycles. The van der Waals surface area contributed by atoms with Crippen LogP contribution in [0.3, 0.4) is 0 Å². The second-order valence-electron chi connectivity index (χ2n) is 4.02. The van der Waals surface area contributed by atoms with Crippen LogP contribution in [0, 0.1) is 22.9 Å². The smallest absolute Gasteiger partial charge is 0.348 e. The van der Waals surface area contributed by atoms with Crippen molar-refractivity contribution in [3.8, 4) is 10.4 Å². The van der Waals surface area contributed by atoms with Crippen molar-refractivity contribution < 1.29 is 19.2 Å². The van der Waals surface area contributed by atoms with Crippen LogP contribution in [0.4, 0.5) is 15.8 Å². The molecule has 2 aromatic rings. The number of carboxylic acids is 1. The van der Waals surface area contributed by atoms with Crippen LogP contribution in [0.15, 0.2) is 18.2 Å². The first-order chi connectivity index (χ1) is 9.32. The van der Waals surface area contributed by atoms with E-state index in [0.717, 1.165) is 29.5 Å². The largest absolute Gasteiger partial charge is 0.477 e. The summed E-state index contributed by atoms with van der Waals surface area (Å²) >= 11 is 0.792. The fourth-order valence-electron chi connectivity index (χ4n) is 1.79. The number of hydrogen-bond donors (Lipinski definition) is 2. The number of thiophene rings is 1. The molecule has 1 aromatic heterocycles. The zero-order valence-corrected chi connectivity index (χ0v) is 11.0. The van der Waals surface area contributed by atoms with E-state index in [0.29, 0.717) is 5.56 Å². The van der Waals surface area contributed by atoms with Crippen molar-refractivity contribution in [3.63, 3.8) is 0 Å². The summed E-state index contributed by atoms with van der Waals surface area (Å²) in [5.41, 5.74) is 5.83. The molecule has 2 rings (SSSR count). The molecule has 0 aliphatic carbocycles. The lowest BCUT2D eigenvalue weighted by Crippen LogP contribution is -1.98. The molecule has 0 radical (unpaired) electrons. The minimum Gasteiger partial charge on any atom is -0.477 e. The maximum Gasteiger partial charge on any atom is 0.348 e. The lowest BCUT2D eigenvalue weighted by Gasteiger charge is -2.02. The number of rotatable bonds is 3. The van der Waals surface area contributed by atoms with E-state index < -0.39 is 16.7 Å². The molecule has 0 spiro atoms. The first-order valence-corrected chi connectivity index (χ1v) is 6.21. The molecule has 0 saturated heterocycles. The molecule has 0 saturated carbocycles. The van der Waals surface area contributed by atoms with Gasteiger partial charge in [0.05, 0.1) is 16.2 Å². The molecule has 0 aliphatic heterocycles. The lowest BCUT2D eigenvalue weighted by atomic mass is 10.1. The summed E-state index contributed by atoms with van der Waals surface area (Å²) in [4.78, 5) is 21.5. The molecule has 104 valence electrons. The SMILES string of the molecule is Cc1c(-c2cc(F)ccc2[N+](=O)[O-])sc(C(=O)O)c1N. The van der Waals surface area contributed by atoms with Gasteiger partial charge >= 0.3 is 5.97 Å². The van der Waals surface area contributed by atoms with E-state index in [2.05, 4.69) is 0 Å². The molecule has 0 amide bonds. The molecule has 0 bridgehead atoms. The van der Waals surface area contributed by atoms with E-state index in [4.69, 9.17) is 10.8 Å². The standard InChI is InChI=1S/C12H9FN2O4S/c1-5-9(14)11(12(16)17)20-10(5)7-4-6(13)2-3-8(7)15(18)19/h2-4H,14H2,1H3,(H,16,17). The molecule has 1 aromatic carbocycles. The number of anilines is 1. The molecule has 8 heteroatoms. The van der Waals surface area contributed by atoms with Crippen LogP contribution in [0.5, 0.6) is 0 Å². The topological polar surface area (TPSA) is 106 Å². The molecule has 0 unspecified atom stereocenters. The Kier molecular flexibility index (Phi) is 3.41. The highest BCUT2D eigenvalue weighted by Gasteiger charge is 2.24. The van der Waals surface area contributed by atoms with Crippen molar-refractivity contribution in [3.05, 3.63) is 44.6 Å². The molecule has 20 heavy (non-hydrogen) atoms. The summed E-state index contributed by atoms with van der Waals surface area (Å²) in [5.74, 6) is -1.87. The van der Waals surface area contributed by atoms with Gasteiger partial charge in [-0.1, -0.05) is 0 Å². The van der Waals surface area contributed by atoms with Crippen molar-refractivity contribution in [2.24, 2.45) is 0 Å². The van der Waals surface area contributed by atoms with E-state index in [1.54, 1.807) is 6.92 Å². The normalized spacial score (nSPS) is 10.5. The predicted molar refractivity (Wildman–Crippen MR) is 72.5 cm³/mol. The van der Waals surface area contributed by atoms with Gasteiger partial charge in [-0.3, -0.25) is 10.1 Å². The Labute approximate surface area is 116 Å². The number of hydrogen-bond acceptors (Lipinski definition) is 5. The summed E-state index contributed by atoms with van der Waals surface area (Å²) in [6, 6.07) is 3.02. The minimum atomic E-state index is -1.22. The van der Waals surface area contributed by atoms with Crippen LogP contribution in [-0.2, 0) is 0 Å². The van der Waals surface area contributed by atoms with E-state index in [1.165, 1.54) is 0 Å². The zero-order chi connectivity index (χ0) is 15.0. The summed E-state index contributed by atoms with van der Waals surface area (Å²) in [5, 5.41) is 20.0. The number of nitrogens with zero attached hydrogens (tertiary/aromatic N) is 1. The highest BCUT2D eigenvalue weighted by Crippen LogP contribution is 2.42. The van der Waals surface area contributed by atoms with E-state index in [-0.39, 0.29) is 26.7 Å². The Balaban J connectivity index is 2.74. The molecular formula is C12H9FN2O4S. The van der Waals surface area contributed by atoms with Gasteiger partial charge in [-0.2, -0.15) is 0 Å². The lowest BCUT2D eigenvalue weighted by molar-refractivity contribution is -0.384. The van der Waals surface area contributed by atoms with Gasteiger partial charge in [-0.15, -0.1) is 11.3 Å². The summed E-state index contributed by atoms with van der Waals surface area (Å²) in [6.07, 6.45) is 0. The third-order valence-electron chi connectivity index (χ3n) is 2.79. The van der Waals surface area contributed by atoms with Crippen LogP contribution >= 0.6 is 11.3 Å². The Morgan fingerprint density at radius 3 is 2.65 bits per heavy atom. The quantitative estimate of drug-likeness (QED) is 0.668. The number of halogens is 1. The fraction of sp³-hybridized carbons (Fsp3) is 0.0833. The second-order valence-corrected chi connectivity index (χ2v) is 5.04. The first kappa shape index (κ1) is 13.9. The maximum absolute atomic E-state index is 13.3. The van der Waals surface area contributed by atoms with Crippen molar-refractivity contribution >= 4 is 28.7 Å². The van der Waals surface area contributed by atoms with E-state index in [9.17, 15) is 19.3 Å². The molecule has 3 N–H and O–H groups in total. The number of nitrogen functional groups attached to an aromatic ring is 1. The highest BCUT2D eigenvalue weighted by atomic mass is 32.1. The highest BCUT2D eigenvalue weighted by molar-refractivity contribution is 7.18. The zero-order valence-electron chi connectivity index (χ0n) is 10.2. The number of carbonyl (C=O) groups is 1. The van der Waals surface area contributed by atoms with Crippen LogP contribution < -0.4 is 5.73 Å². The number of nitro groups is 1. The van der Waals surface area contributed by atoms with Crippen LogP contribution in [0.1, 0.15) is 15.2 Å². The van der Waals surface area contributed by atoms with Gasteiger partial charge in [0.2, 0.25) is 0 Å². The average Bonchev–Trinajstić information content (AvgIpc) is 2.66. The van der Waals surface area contributed by atoms with Gasteiger partial charge in [-0.05, 0) is 24.6 Å². The van der Waals surface area contributed by atoms with Crippen LogP contribution in [-0.4, -0.2) is 16.0 Å². The average molecular weight is 296 g/mol. The summed E-state index contributed by atoms with van der Waals surface area (Å²) in [7, 11) is 0. The molecule has 0 fully saturated rings. The molecule has 6 nitrogen and oxygen atoms in total. The number of benzene rings is 1. The Morgan fingerprint density at radius 2 is 2.15 bits per heavy atom. The Bertz CT molecular complexity index is 726. The number of aromatic carboxylic acids is 1. The maximum atomic E-state index is 13.3. The van der Waals surface area contributed by atoms with Gasteiger partial charge < -0.3 is 10.8 Å². The van der Waals surface area contributed by atoms with Crippen molar-refractivity contribution in [1.29, 1.82) is 0 Å². The second kappa shape index (κ2) is 4.89. The summed E-state index contributed by atoms with van der Waals surface area (Å²) < 4.78 is 13.3. The van der Waals surface area contributed by atoms with Crippen molar-refractivity contribution in [1.82, 2.24) is 0 Å². The predicted octanol–water partition coefficient (Wildman–Crippen LogP) is 3.05. The van der Waals surface area contributed by atoms with Gasteiger partial charge in [0, 0.05) is 10.9 Å². The van der Waals surface area contributed by atoms with Gasteiger partial charge in [0.1, 0.15) is 10.7 Å². The van der Waals surface area contributed by atoms with Gasteiger partial charge in [0.15, 0.2) is 0 Å². The number of carboxylic acid groups (broad SMARTS) is 1. The van der Waals surface area contributed by atoms with Crippen LogP contribution in [0.2, 0.25) is 0 Å². The Hall–Kier alpha value is -2.48. The van der Waals surface area contributed by atoms with Crippen molar-refractivity contribution in [2.45, 2.75) is 6.92 Å². The van der Waals surface area contributed by atoms with Crippen LogP contribution in [0.25, 0.3) is 10.4 Å². The monoisotopic (exact) mass is 296 g/mol. The molecular weight excluding hydrogens is 287 g/mol. The Morgan fingerprint density at radius 1 is 1.50 bits per heavy atom. The van der Waals surface area contributed by atoms with Gasteiger partial charge in [-0.25, -0.2) is 9.18 Å². The first-order valence-electron chi connectivity index (χ1n) is 5.39. The van der Waals surface area contributed by atoms with Crippen molar-refractivity contribution in [2.75, 3.05) is 5.73 Å². The third-order valence-corrected chi connectivity index (χ3v) is 4.12. The fourth-order valence-corrected chi connectivity index (χ4v) is 2.88. The minimum absolute atomic E-state index is 0.0247. The third kappa shape index (κ3) is 2.21. The summed E-state index contributed by atoms with van der Waals surface area (Å²) in [6.45, 7) is 1.54. The number of nitro benzene ring substituents is 1. The van der Waals surface area contributed by atoms with E-state index in [1.807, 2.05) is 0 Å². The molecule has 0 aliphatic rings.